The van der Waals surface area contributed by atoms with Gasteiger partial charge in [-0.3, -0.25) is 4.79 Å². The lowest BCUT2D eigenvalue weighted by molar-refractivity contribution is -0.128. The summed E-state index contributed by atoms with van der Waals surface area (Å²) >= 11 is 1.68. The van der Waals surface area contributed by atoms with E-state index in [1.54, 1.807) is 11.3 Å². The van der Waals surface area contributed by atoms with Crippen molar-refractivity contribution in [1.82, 2.24) is 10.3 Å². The van der Waals surface area contributed by atoms with Crippen molar-refractivity contribution in [2.45, 2.75) is 46.1 Å². The van der Waals surface area contributed by atoms with Crippen molar-refractivity contribution >= 4 is 17.2 Å². The second kappa shape index (κ2) is 4.53. The highest BCUT2D eigenvalue weighted by Gasteiger charge is 2.26. The maximum atomic E-state index is 11.8. The van der Waals surface area contributed by atoms with E-state index in [4.69, 9.17) is 0 Å². The Morgan fingerprint density at radius 1 is 1.50 bits per heavy atom. The number of carbonyl (C=O) groups is 1. The van der Waals surface area contributed by atoms with Crippen molar-refractivity contribution in [3.05, 3.63) is 15.6 Å². The quantitative estimate of drug-likeness (QED) is 0.879. The van der Waals surface area contributed by atoms with Crippen LogP contribution in [0.25, 0.3) is 0 Å². The third-order valence-corrected chi connectivity index (χ3v) is 4.42. The predicted molar refractivity (Wildman–Crippen MR) is 65.5 cm³/mol. The fourth-order valence-electron chi connectivity index (χ4n) is 2.02. The molecule has 1 aromatic heterocycles. The number of aryl methyl sites for hydroxylation is 2. The number of nitrogens with one attached hydrogen (secondary N) is 1. The lowest BCUT2D eigenvalue weighted by Crippen LogP contribution is -2.35. The summed E-state index contributed by atoms with van der Waals surface area (Å²) < 4.78 is 0. The van der Waals surface area contributed by atoms with Crippen molar-refractivity contribution in [2.75, 3.05) is 0 Å². The summed E-state index contributed by atoms with van der Waals surface area (Å²) in [5, 5.41) is 4.15. The van der Waals surface area contributed by atoms with Crippen molar-refractivity contribution in [3.63, 3.8) is 0 Å². The number of hydrogen-bond donors (Lipinski definition) is 1. The number of thiazole rings is 1. The topological polar surface area (TPSA) is 42.0 Å². The molecule has 0 aromatic carbocycles. The second-order valence-corrected chi connectivity index (χ2v) is 5.78. The zero-order valence-electron chi connectivity index (χ0n) is 10.0. The number of nitrogens with zero attached hydrogens (tertiary/aromatic N) is 1. The van der Waals surface area contributed by atoms with E-state index in [0.717, 1.165) is 23.5 Å². The first-order chi connectivity index (χ1) is 7.58. The van der Waals surface area contributed by atoms with Crippen LogP contribution in [0.5, 0.6) is 0 Å². The van der Waals surface area contributed by atoms with Crippen LogP contribution in [0.3, 0.4) is 0 Å². The minimum Gasteiger partial charge on any atom is -0.348 e. The Labute approximate surface area is 100 Å². The first-order valence-corrected chi connectivity index (χ1v) is 6.64. The monoisotopic (exact) mass is 238 g/mol. The molecule has 16 heavy (non-hydrogen) atoms. The summed E-state index contributed by atoms with van der Waals surface area (Å²) in [7, 11) is 0. The SMILES string of the molecule is Cc1nc(C)c(C(C)NC(=O)C2CCC2)s1. The Bertz CT molecular complexity index is 396. The highest BCUT2D eigenvalue weighted by Crippen LogP contribution is 2.29. The van der Waals surface area contributed by atoms with Crippen LogP contribution in [0, 0.1) is 19.8 Å². The van der Waals surface area contributed by atoms with Crippen LogP contribution in [0.4, 0.5) is 0 Å². The fourth-order valence-corrected chi connectivity index (χ4v) is 2.95. The largest absolute Gasteiger partial charge is 0.348 e. The molecule has 2 rings (SSSR count). The van der Waals surface area contributed by atoms with E-state index in [2.05, 4.69) is 10.3 Å². The van der Waals surface area contributed by atoms with Gasteiger partial charge in [0.1, 0.15) is 0 Å². The van der Waals surface area contributed by atoms with Crippen LogP contribution in [0.2, 0.25) is 0 Å². The minimum atomic E-state index is 0.0966. The number of aromatic nitrogens is 1. The zero-order chi connectivity index (χ0) is 11.7. The highest BCUT2D eigenvalue weighted by atomic mass is 32.1. The summed E-state index contributed by atoms with van der Waals surface area (Å²) in [5.41, 5.74) is 1.05. The maximum absolute atomic E-state index is 11.8. The van der Waals surface area contributed by atoms with Gasteiger partial charge in [-0.2, -0.15) is 0 Å². The molecule has 1 heterocycles. The molecule has 88 valence electrons. The van der Waals surface area contributed by atoms with Gasteiger partial charge in [0.05, 0.1) is 16.7 Å². The predicted octanol–water partition coefficient (Wildman–Crippen LogP) is 2.74. The van der Waals surface area contributed by atoms with Crippen molar-refractivity contribution in [3.8, 4) is 0 Å². The van der Waals surface area contributed by atoms with E-state index in [9.17, 15) is 4.79 Å². The number of rotatable bonds is 3. The summed E-state index contributed by atoms with van der Waals surface area (Å²) in [4.78, 5) is 17.4. The maximum Gasteiger partial charge on any atom is 0.223 e. The van der Waals surface area contributed by atoms with Gasteiger partial charge in [0.2, 0.25) is 5.91 Å². The standard InChI is InChI=1S/C12H18N2OS/c1-7-11(16-9(3)13-7)8(2)14-12(15)10-5-4-6-10/h8,10H,4-6H2,1-3H3,(H,14,15). The van der Waals surface area contributed by atoms with E-state index >= 15 is 0 Å². The number of carbonyl (C=O) groups excluding carboxylic acids is 1. The van der Waals surface area contributed by atoms with Gasteiger partial charge in [0, 0.05) is 10.8 Å². The van der Waals surface area contributed by atoms with Gasteiger partial charge < -0.3 is 5.32 Å². The van der Waals surface area contributed by atoms with Gasteiger partial charge >= 0.3 is 0 Å². The van der Waals surface area contributed by atoms with E-state index in [1.165, 1.54) is 11.3 Å². The van der Waals surface area contributed by atoms with Crippen molar-refractivity contribution < 1.29 is 4.79 Å². The Morgan fingerprint density at radius 2 is 2.19 bits per heavy atom. The molecule has 1 atom stereocenters. The fraction of sp³-hybridized carbons (Fsp3) is 0.667. The first kappa shape index (κ1) is 11.6. The normalized spacial score (nSPS) is 17.9. The first-order valence-electron chi connectivity index (χ1n) is 5.82. The van der Waals surface area contributed by atoms with E-state index in [-0.39, 0.29) is 17.9 Å². The van der Waals surface area contributed by atoms with Gasteiger partial charge in [-0.05, 0) is 33.6 Å². The Morgan fingerprint density at radius 3 is 2.62 bits per heavy atom. The van der Waals surface area contributed by atoms with Crippen LogP contribution in [-0.2, 0) is 4.79 Å². The Hall–Kier alpha value is -0.900. The van der Waals surface area contributed by atoms with Gasteiger partial charge in [-0.25, -0.2) is 4.98 Å². The van der Waals surface area contributed by atoms with E-state index in [1.807, 2.05) is 20.8 Å². The van der Waals surface area contributed by atoms with Gasteiger partial charge in [-0.1, -0.05) is 6.42 Å². The average molecular weight is 238 g/mol. The number of hydrogen-bond acceptors (Lipinski definition) is 3. The van der Waals surface area contributed by atoms with E-state index in [0.29, 0.717) is 0 Å². The van der Waals surface area contributed by atoms with Crippen LogP contribution in [-0.4, -0.2) is 10.9 Å². The summed E-state index contributed by atoms with van der Waals surface area (Å²) in [6.07, 6.45) is 3.31. The average Bonchev–Trinajstić information content (AvgIpc) is 2.41. The molecule has 3 nitrogen and oxygen atoms in total. The molecule has 4 heteroatoms. The third-order valence-electron chi connectivity index (χ3n) is 3.17. The summed E-state index contributed by atoms with van der Waals surface area (Å²) in [6, 6.07) is 0.0966. The molecule has 0 saturated heterocycles. The lowest BCUT2D eigenvalue weighted by atomic mass is 9.84. The van der Waals surface area contributed by atoms with Crippen LogP contribution < -0.4 is 5.32 Å². The summed E-state index contributed by atoms with van der Waals surface area (Å²) in [6.45, 7) is 6.04. The molecule has 1 aliphatic rings. The minimum absolute atomic E-state index is 0.0966. The molecule has 0 radical (unpaired) electrons. The third kappa shape index (κ3) is 2.26. The van der Waals surface area contributed by atoms with Gasteiger partial charge in [0.15, 0.2) is 0 Å². The molecule has 1 fully saturated rings. The van der Waals surface area contributed by atoms with Crippen LogP contribution in [0.15, 0.2) is 0 Å². The van der Waals surface area contributed by atoms with Gasteiger partial charge in [-0.15, -0.1) is 11.3 Å². The van der Waals surface area contributed by atoms with Gasteiger partial charge in [0.25, 0.3) is 0 Å². The zero-order valence-corrected chi connectivity index (χ0v) is 10.9. The molecule has 0 aliphatic heterocycles. The molecule has 0 spiro atoms. The molecule has 1 aliphatic carbocycles. The molecule has 1 amide bonds. The molecule has 1 unspecified atom stereocenters. The second-order valence-electron chi connectivity index (χ2n) is 4.54. The molecular weight excluding hydrogens is 220 g/mol. The Kier molecular flexibility index (Phi) is 3.28. The summed E-state index contributed by atoms with van der Waals surface area (Å²) in [5.74, 6) is 0.473. The van der Waals surface area contributed by atoms with Crippen molar-refractivity contribution in [1.29, 1.82) is 0 Å². The molecule has 1 saturated carbocycles. The smallest absolute Gasteiger partial charge is 0.223 e. The molecule has 1 aromatic rings. The van der Waals surface area contributed by atoms with Crippen LogP contribution in [0.1, 0.15) is 47.8 Å². The van der Waals surface area contributed by atoms with E-state index < -0.39 is 0 Å². The van der Waals surface area contributed by atoms with Crippen LogP contribution >= 0.6 is 11.3 Å². The highest BCUT2D eigenvalue weighted by molar-refractivity contribution is 7.11. The van der Waals surface area contributed by atoms with Crippen molar-refractivity contribution in [2.24, 2.45) is 5.92 Å². The Balaban J connectivity index is 1.99. The molecular formula is C12H18N2OS. The number of amides is 1. The lowest BCUT2D eigenvalue weighted by Gasteiger charge is -2.26. The molecule has 1 N–H and O–H groups in total. The molecule has 0 bridgehead atoms.